The van der Waals surface area contributed by atoms with Crippen LogP contribution in [0, 0.1) is 0 Å². The Morgan fingerprint density at radius 2 is 1.90 bits per heavy atom. The monoisotopic (exact) mass is 307 g/mol. The summed E-state index contributed by atoms with van der Waals surface area (Å²) in [6, 6.07) is 2.22. The number of nitrogens with two attached hydrogens (primary N) is 1. The molecule has 0 aromatic carbocycles. The van der Waals surface area contributed by atoms with E-state index in [2.05, 4.69) is 53.8 Å². The highest BCUT2D eigenvalue weighted by Gasteiger charge is 2.16. The number of hydrogen-bond donors (Lipinski definition) is 1. The highest BCUT2D eigenvalue weighted by molar-refractivity contribution is 7.18. The van der Waals surface area contributed by atoms with Gasteiger partial charge in [0.2, 0.25) is 5.95 Å². The van der Waals surface area contributed by atoms with Gasteiger partial charge in [-0.3, -0.25) is 0 Å². The number of anilines is 2. The van der Waals surface area contributed by atoms with Crippen LogP contribution in [0.25, 0.3) is 10.2 Å². The van der Waals surface area contributed by atoms with E-state index in [4.69, 9.17) is 5.73 Å². The Hall–Kier alpha value is -1.40. The number of nitrogen functional groups attached to an aromatic ring is 1. The largest absolute Gasteiger partial charge is 0.368 e. The summed E-state index contributed by atoms with van der Waals surface area (Å²) in [4.78, 5) is 15.8. The van der Waals surface area contributed by atoms with E-state index in [0.717, 1.165) is 48.5 Å². The van der Waals surface area contributed by atoms with Crippen molar-refractivity contribution in [3.8, 4) is 0 Å². The van der Waals surface area contributed by atoms with Crippen molar-refractivity contribution in [3.63, 3.8) is 0 Å². The Bertz CT molecular complexity index is 593. The molecule has 2 rings (SSSR count). The zero-order chi connectivity index (χ0) is 15.4. The zero-order valence-corrected chi connectivity index (χ0v) is 14.2. The van der Waals surface area contributed by atoms with Crippen LogP contribution < -0.4 is 10.6 Å². The first kappa shape index (κ1) is 16.0. The van der Waals surface area contributed by atoms with Crippen LogP contribution in [0.2, 0.25) is 0 Å². The number of rotatable bonds is 7. The van der Waals surface area contributed by atoms with Crippen LogP contribution in [0.1, 0.15) is 25.1 Å². The molecule has 0 atom stereocenters. The summed E-state index contributed by atoms with van der Waals surface area (Å²) in [5.41, 5.74) is 5.91. The van der Waals surface area contributed by atoms with Gasteiger partial charge in [0.1, 0.15) is 10.6 Å². The summed E-state index contributed by atoms with van der Waals surface area (Å²) < 4.78 is 0. The Morgan fingerprint density at radius 3 is 2.52 bits per heavy atom. The molecule has 0 amide bonds. The summed E-state index contributed by atoms with van der Waals surface area (Å²) in [6.45, 7) is 7.28. The minimum absolute atomic E-state index is 0.368. The molecule has 2 aromatic rings. The molecular weight excluding hydrogens is 282 g/mol. The molecule has 0 spiro atoms. The average Bonchev–Trinajstić information content (AvgIpc) is 2.85. The van der Waals surface area contributed by atoms with Crippen molar-refractivity contribution in [1.82, 2.24) is 14.9 Å². The maximum absolute atomic E-state index is 5.91. The van der Waals surface area contributed by atoms with Crippen LogP contribution in [-0.2, 0) is 6.42 Å². The third-order valence-corrected chi connectivity index (χ3v) is 4.57. The van der Waals surface area contributed by atoms with Gasteiger partial charge >= 0.3 is 0 Å². The molecule has 0 fully saturated rings. The molecule has 0 saturated heterocycles. The molecule has 0 saturated carbocycles. The Labute approximate surface area is 130 Å². The first-order chi connectivity index (χ1) is 10.0. The van der Waals surface area contributed by atoms with Gasteiger partial charge in [-0.2, -0.15) is 4.98 Å². The summed E-state index contributed by atoms with van der Waals surface area (Å²) in [6.07, 6.45) is 2.11. The fourth-order valence-electron chi connectivity index (χ4n) is 2.30. The Kier molecular flexibility index (Phi) is 5.36. The molecule has 0 aliphatic carbocycles. The molecule has 0 unspecified atom stereocenters. The van der Waals surface area contributed by atoms with Gasteiger partial charge in [-0.25, -0.2) is 4.98 Å². The van der Waals surface area contributed by atoms with Gasteiger partial charge in [0.15, 0.2) is 0 Å². The average molecular weight is 307 g/mol. The lowest BCUT2D eigenvalue weighted by Gasteiger charge is -2.25. The van der Waals surface area contributed by atoms with Crippen LogP contribution in [-0.4, -0.2) is 48.6 Å². The minimum Gasteiger partial charge on any atom is -0.368 e. The van der Waals surface area contributed by atoms with Crippen LogP contribution >= 0.6 is 11.3 Å². The molecule has 2 heterocycles. The van der Waals surface area contributed by atoms with Gasteiger partial charge < -0.3 is 15.5 Å². The van der Waals surface area contributed by atoms with Crippen molar-refractivity contribution in [2.75, 3.05) is 44.4 Å². The zero-order valence-electron chi connectivity index (χ0n) is 13.4. The second-order valence-corrected chi connectivity index (χ2v) is 6.60. The highest BCUT2D eigenvalue weighted by Crippen LogP contribution is 2.31. The van der Waals surface area contributed by atoms with E-state index >= 15 is 0 Å². The molecule has 116 valence electrons. The van der Waals surface area contributed by atoms with Gasteiger partial charge in [0, 0.05) is 24.5 Å². The molecule has 0 aliphatic rings. The minimum atomic E-state index is 0.368. The van der Waals surface area contributed by atoms with E-state index in [1.165, 1.54) is 4.88 Å². The topological polar surface area (TPSA) is 58.3 Å². The van der Waals surface area contributed by atoms with E-state index in [1.807, 2.05) is 0 Å². The number of thiophene rings is 1. The Balaban J connectivity index is 2.42. The van der Waals surface area contributed by atoms with E-state index in [-0.39, 0.29) is 0 Å². The second kappa shape index (κ2) is 7.04. The summed E-state index contributed by atoms with van der Waals surface area (Å²) >= 11 is 1.72. The molecule has 2 N–H and O–H groups in total. The normalized spacial score (nSPS) is 11.5. The number of hydrogen-bond acceptors (Lipinski definition) is 6. The predicted molar refractivity (Wildman–Crippen MR) is 92.3 cm³/mol. The van der Waals surface area contributed by atoms with Gasteiger partial charge in [-0.05, 0) is 33.0 Å². The Morgan fingerprint density at radius 1 is 1.14 bits per heavy atom. The highest BCUT2D eigenvalue weighted by atomic mass is 32.1. The molecule has 21 heavy (non-hydrogen) atoms. The summed E-state index contributed by atoms with van der Waals surface area (Å²) in [7, 11) is 4.18. The van der Waals surface area contributed by atoms with E-state index < -0.39 is 0 Å². The van der Waals surface area contributed by atoms with Gasteiger partial charge in [0.05, 0.1) is 5.39 Å². The van der Waals surface area contributed by atoms with E-state index in [0.29, 0.717) is 5.95 Å². The van der Waals surface area contributed by atoms with Crippen LogP contribution in [0.5, 0.6) is 0 Å². The lowest BCUT2D eigenvalue weighted by molar-refractivity contribution is 0.412. The SMILES string of the molecule is CCCN(CCN(C)C)c1nc(N)nc2sc(CC)cc12. The molecule has 0 aliphatic heterocycles. The number of aryl methyl sites for hydroxylation is 1. The third-order valence-electron chi connectivity index (χ3n) is 3.40. The molecule has 5 nitrogen and oxygen atoms in total. The number of aromatic nitrogens is 2. The third kappa shape index (κ3) is 3.83. The van der Waals surface area contributed by atoms with Crippen molar-refractivity contribution < 1.29 is 0 Å². The molecule has 6 heteroatoms. The fraction of sp³-hybridized carbons (Fsp3) is 0.600. The lowest BCUT2D eigenvalue weighted by atomic mass is 10.2. The first-order valence-electron chi connectivity index (χ1n) is 7.50. The molecule has 0 radical (unpaired) electrons. The van der Waals surface area contributed by atoms with Gasteiger partial charge in [0.25, 0.3) is 0 Å². The van der Waals surface area contributed by atoms with Crippen LogP contribution in [0.4, 0.5) is 11.8 Å². The van der Waals surface area contributed by atoms with Crippen LogP contribution in [0.15, 0.2) is 6.07 Å². The smallest absolute Gasteiger partial charge is 0.223 e. The summed E-state index contributed by atoms with van der Waals surface area (Å²) in [5, 5.41) is 1.14. The van der Waals surface area contributed by atoms with Crippen LogP contribution in [0.3, 0.4) is 0 Å². The number of nitrogens with zero attached hydrogens (tertiary/aromatic N) is 4. The standard InChI is InChI=1S/C15H25N5S/c1-5-7-20(9-8-19(3)4)13-12-10-11(6-2)21-14(12)18-15(16)17-13/h10H,5-9H2,1-4H3,(H2,16,17,18). The van der Waals surface area contributed by atoms with Crippen molar-refractivity contribution in [2.45, 2.75) is 26.7 Å². The van der Waals surface area contributed by atoms with E-state index in [9.17, 15) is 0 Å². The fourth-order valence-corrected chi connectivity index (χ4v) is 3.27. The lowest BCUT2D eigenvalue weighted by Crippen LogP contribution is -2.33. The van der Waals surface area contributed by atoms with Crippen molar-refractivity contribution >= 4 is 33.3 Å². The van der Waals surface area contributed by atoms with E-state index in [1.54, 1.807) is 11.3 Å². The van der Waals surface area contributed by atoms with Crippen molar-refractivity contribution in [3.05, 3.63) is 10.9 Å². The quantitative estimate of drug-likeness (QED) is 0.852. The predicted octanol–water partition coefficient (Wildman–Crippen LogP) is 2.61. The van der Waals surface area contributed by atoms with Crippen molar-refractivity contribution in [1.29, 1.82) is 0 Å². The maximum atomic E-state index is 5.91. The second-order valence-electron chi connectivity index (χ2n) is 5.48. The molecular formula is C15H25N5S. The van der Waals surface area contributed by atoms with Gasteiger partial charge in [-0.1, -0.05) is 13.8 Å². The van der Waals surface area contributed by atoms with Crippen molar-refractivity contribution in [2.24, 2.45) is 0 Å². The number of fused-ring (bicyclic) bond motifs is 1. The number of likely N-dealkylation sites (N-methyl/N-ethyl adjacent to an activating group) is 1. The molecule has 0 bridgehead atoms. The van der Waals surface area contributed by atoms with Gasteiger partial charge in [-0.15, -0.1) is 11.3 Å². The first-order valence-corrected chi connectivity index (χ1v) is 8.32. The summed E-state index contributed by atoms with van der Waals surface area (Å²) in [5.74, 6) is 1.35. The maximum Gasteiger partial charge on any atom is 0.223 e. The molecule has 2 aromatic heterocycles.